The maximum atomic E-state index is 11.3. The number of rotatable bonds is 6. The van der Waals surface area contributed by atoms with Crippen molar-refractivity contribution in [2.24, 2.45) is 0 Å². The summed E-state index contributed by atoms with van der Waals surface area (Å²) < 4.78 is 9.78. The summed E-state index contributed by atoms with van der Waals surface area (Å²) in [4.78, 5) is 22.2. The lowest BCUT2D eigenvalue weighted by atomic mass is 10.2. The van der Waals surface area contributed by atoms with E-state index >= 15 is 0 Å². The Labute approximate surface area is 102 Å². The van der Waals surface area contributed by atoms with Crippen LogP contribution in [0, 0.1) is 0 Å². The molecule has 0 saturated carbocycles. The zero-order valence-electron chi connectivity index (χ0n) is 10.9. The van der Waals surface area contributed by atoms with Crippen LogP contribution < -0.4 is 5.32 Å². The van der Waals surface area contributed by atoms with Gasteiger partial charge in [0.2, 0.25) is 0 Å². The number of esters is 2. The molecule has 0 bridgehead atoms. The second-order valence-corrected chi connectivity index (χ2v) is 4.37. The van der Waals surface area contributed by atoms with Crippen molar-refractivity contribution in [1.82, 2.24) is 5.32 Å². The minimum atomic E-state index is -0.473. The van der Waals surface area contributed by atoms with Gasteiger partial charge in [-0.25, -0.2) is 4.79 Å². The average Bonchev–Trinajstić information content (AvgIpc) is 2.14. The van der Waals surface area contributed by atoms with Crippen LogP contribution in [0.4, 0.5) is 0 Å². The van der Waals surface area contributed by atoms with Gasteiger partial charge in [0.1, 0.15) is 5.60 Å². The first-order valence-corrected chi connectivity index (χ1v) is 5.61. The van der Waals surface area contributed by atoms with Gasteiger partial charge in [-0.3, -0.25) is 4.79 Å². The van der Waals surface area contributed by atoms with Crippen LogP contribution in [0.15, 0.2) is 12.2 Å². The molecule has 5 nitrogen and oxygen atoms in total. The third-order valence-electron chi connectivity index (χ3n) is 1.49. The zero-order chi connectivity index (χ0) is 13.3. The molecule has 17 heavy (non-hydrogen) atoms. The fourth-order valence-electron chi connectivity index (χ4n) is 0.981. The molecular formula is C12H21NO4. The average molecular weight is 243 g/mol. The molecule has 0 fully saturated rings. The number of carbonyl (C=O) groups excluding carboxylic acids is 2. The van der Waals surface area contributed by atoms with Gasteiger partial charge < -0.3 is 14.8 Å². The Morgan fingerprint density at radius 2 is 1.94 bits per heavy atom. The molecule has 0 heterocycles. The Morgan fingerprint density at radius 3 is 2.47 bits per heavy atom. The molecule has 0 spiro atoms. The first kappa shape index (κ1) is 15.6. The smallest absolute Gasteiger partial charge is 0.330 e. The lowest BCUT2D eigenvalue weighted by Crippen LogP contribution is -2.31. The fourth-order valence-corrected chi connectivity index (χ4v) is 0.981. The van der Waals surface area contributed by atoms with Crippen LogP contribution in [-0.4, -0.2) is 37.2 Å². The van der Waals surface area contributed by atoms with Gasteiger partial charge in [-0.1, -0.05) is 6.08 Å². The number of carbonyl (C=O) groups is 2. The van der Waals surface area contributed by atoms with Crippen molar-refractivity contribution < 1.29 is 19.1 Å². The summed E-state index contributed by atoms with van der Waals surface area (Å²) in [6, 6.07) is 0. The van der Waals surface area contributed by atoms with Crippen LogP contribution in [0.25, 0.3) is 0 Å². The Balaban J connectivity index is 3.64. The van der Waals surface area contributed by atoms with E-state index in [1.807, 2.05) is 20.8 Å². The van der Waals surface area contributed by atoms with Gasteiger partial charge in [-0.05, 0) is 27.7 Å². The topological polar surface area (TPSA) is 64.6 Å². The Morgan fingerprint density at radius 1 is 1.29 bits per heavy atom. The molecule has 0 aliphatic heterocycles. The molecule has 0 aromatic carbocycles. The van der Waals surface area contributed by atoms with E-state index in [-0.39, 0.29) is 18.5 Å². The summed E-state index contributed by atoms with van der Waals surface area (Å²) in [7, 11) is 0. The number of ether oxygens (including phenoxy) is 2. The summed E-state index contributed by atoms with van der Waals surface area (Å²) in [5, 5.41) is 2.84. The van der Waals surface area contributed by atoms with Gasteiger partial charge in [-0.2, -0.15) is 0 Å². The molecule has 5 heteroatoms. The first-order chi connectivity index (χ1) is 7.85. The molecule has 0 aromatic rings. The Kier molecular flexibility index (Phi) is 7.21. The van der Waals surface area contributed by atoms with Gasteiger partial charge in [0, 0.05) is 12.6 Å². The van der Waals surface area contributed by atoms with E-state index in [1.54, 1.807) is 13.0 Å². The van der Waals surface area contributed by atoms with Crippen LogP contribution in [0.1, 0.15) is 27.7 Å². The van der Waals surface area contributed by atoms with Crippen LogP contribution >= 0.6 is 0 Å². The molecule has 0 aliphatic rings. The van der Waals surface area contributed by atoms with E-state index in [2.05, 4.69) is 5.32 Å². The van der Waals surface area contributed by atoms with E-state index in [0.717, 1.165) is 0 Å². The van der Waals surface area contributed by atoms with E-state index in [0.29, 0.717) is 13.2 Å². The molecule has 0 atom stereocenters. The molecule has 0 aromatic heterocycles. The highest BCUT2D eigenvalue weighted by Crippen LogP contribution is 2.05. The van der Waals surface area contributed by atoms with Crippen molar-refractivity contribution in [1.29, 1.82) is 0 Å². The first-order valence-electron chi connectivity index (χ1n) is 5.61. The van der Waals surface area contributed by atoms with Crippen molar-refractivity contribution >= 4 is 11.9 Å². The molecule has 0 radical (unpaired) electrons. The highest BCUT2D eigenvalue weighted by molar-refractivity contribution is 5.81. The summed E-state index contributed by atoms with van der Waals surface area (Å²) in [5.41, 5.74) is -0.473. The third kappa shape index (κ3) is 10.9. The monoisotopic (exact) mass is 243 g/mol. The highest BCUT2D eigenvalue weighted by Gasteiger charge is 2.15. The fraction of sp³-hybridized carbons (Fsp3) is 0.667. The van der Waals surface area contributed by atoms with Crippen LogP contribution in [-0.2, 0) is 19.1 Å². The van der Waals surface area contributed by atoms with Crippen LogP contribution in [0.3, 0.4) is 0 Å². The minimum Gasteiger partial charge on any atom is -0.463 e. The number of hydrogen-bond acceptors (Lipinski definition) is 5. The Hall–Kier alpha value is -1.36. The molecule has 1 N–H and O–H groups in total. The Bertz CT molecular complexity index is 279. The van der Waals surface area contributed by atoms with Crippen molar-refractivity contribution in [2.45, 2.75) is 33.3 Å². The molecule has 0 aliphatic carbocycles. The highest BCUT2D eigenvalue weighted by atomic mass is 16.6. The van der Waals surface area contributed by atoms with E-state index < -0.39 is 5.60 Å². The molecule has 0 amide bonds. The van der Waals surface area contributed by atoms with E-state index in [9.17, 15) is 9.59 Å². The van der Waals surface area contributed by atoms with Crippen LogP contribution in [0.5, 0.6) is 0 Å². The number of nitrogens with one attached hydrogen (secondary N) is 1. The van der Waals surface area contributed by atoms with Crippen molar-refractivity contribution in [2.75, 3.05) is 19.7 Å². The van der Waals surface area contributed by atoms with Gasteiger partial charge in [0.15, 0.2) is 0 Å². The third-order valence-corrected chi connectivity index (χ3v) is 1.49. The minimum absolute atomic E-state index is 0.116. The molecular weight excluding hydrogens is 222 g/mol. The molecule has 0 rings (SSSR count). The van der Waals surface area contributed by atoms with Gasteiger partial charge in [0.05, 0.1) is 13.2 Å². The quantitative estimate of drug-likeness (QED) is 0.429. The SMILES string of the molecule is CCOC(=O)/C=C/CNCC(=O)OC(C)(C)C. The number of hydrogen-bond donors (Lipinski definition) is 1. The largest absolute Gasteiger partial charge is 0.463 e. The lowest BCUT2D eigenvalue weighted by molar-refractivity contribution is -0.153. The van der Waals surface area contributed by atoms with Crippen molar-refractivity contribution in [3.8, 4) is 0 Å². The predicted octanol–water partition coefficient (Wildman–Crippen LogP) is 1.04. The van der Waals surface area contributed by atoms with Gasteiger partial charge >= 0.3 is 11.9 Å². The normalized spacial score (nSPS) is 11.5. The maximum absolute atomic E-state index is 11.3. The summed E-state index contributed by atoms with van der Waals surface area (Å²) in [6.45, 7) is 8.06. The molecule has 0 unspecified atom stereocenters. The second kappa shape index (κ2) is 7.84. The zero-order valence-corrected chi connectivity index (χ0v) is 10.9. The van der Waals surface area contributed by atoms with Gasteiger partial charge in [-0.15, -0.1) is 0 Å². The lowest BCUT2D eigenvalue weighted by Gasteiger charge is -2.19. The maximum Gasteiger partial charge on any atom is 0.330 e. The summed E-state index contributed by atoms with van der Waals surface area (Å²) in [6.07, 6.45) is 2.92. The van der Waals surface area contributed by atoms with E-state index in [4.69, 9.17) is 9.47 Å². The predicted molar refractivity (Wildman–Crippen MR) is 64.5 cm³/mol. The van der Waals surface area contributed by atoms with Crippen molar-refractivity contribution in [3.05, 3.63) is 12.2 Å². The van der Waals surface area contributed by atoms with E-state index in [1.165, 1.54) is 6.08 Å². The molecule has 0 saturated heterocycles. The van der Waals surface area contributed by atoms with Crippen LogP contribution in [0.2, 0.25) is 0 Å². The van der Waals surface area contributed by atoms with Gasteiger partial charge in [0.25, 0.3) is 0 Å². The molecule has 98 valence electrons. The van der Waals surface area contributed by atoms with Crippen molar-refractivity contribution in [3.63, 3.8) is 0 Å². The second-order valence-electron chi connectivity index (χ2n) is 4.37. The summed E-state index contributed by atoms with van der Waals surface area (Å²) >= 11 is 0. The standard InChI is InChI=1S/C12H21NO4/c1-5-16-10(14)7-6-8-13-9-11(15)17-12(2,3)4/h6-7,13H,5,8-9H2,1-4H3/b7-6+. The summed E-state index contributed by atoms with van der Waals surface area (Å²) in [5.74, 6) is -0.700.